The predicted octanol–water partition coefficient (Wildman–Crippen LogP) is 3.21. The third-order valence-electron chi connectivity index (χ3n) is 4.54. The third-order valence-corrected chi connectivity index (χ3v) is 5.48. The smallest absolute Gasteiger partial charge is 0.283 e. The highest BCUT2D eigenvalue weighted by atomic mass is 32.2. The van der Waals surface area contributed by atoms with Crippen LogP contribution in [0.2, 0.25) is 0 Å². The minimum atomic E-state index is -0.234. The summed E-state index contributed by atoms with van der Waals surface area (Å²) < 4.78 is 1.66. The molecule has 7 nitrogen and oxygen atoms in total. The van der Waals surface area contributed by atoms with E-state index >= 15 is 0 Å². The molecule has 2 amide bonds. The molecule has 3 aromatic rings. The number of carbonyl (C=O) groups is 2. The third kappa shape index (κ3) is 5.10. The molecule has 0 unspecified atom stereocenters. The molecule has 1 aromatic heterocycles. The average Bonchev–Trinajstić information content (AvgIpc) is 3.34. The quantitative estimate of drug-likeness (QED) is 0.608. The first-order valence-corrected chi connectivity index (χ1v) is 10.7. The van der Waals surface area contributed by atoms with Crippen molar-refractivity contribution in [2.45, 2.75) is 6.54 Å². The minimum Gasteiger partial charge on any atom is -0.351 e. The van der Waals surface area contributed by atoms with Crippen molar-refractivity contribution in [2.75, 3.05) is 10.7 Å². The number of hydrogen-bond acceptors (Lipinski definition) is 5. The van der Waals surface area contributed by atoms with Crippen molar-refractivity contribution in [2.24, 2.45) is 12.0 Å². The van der Waals surface area contributed by atoms with Crippen molar-refractivity contribution in [1.29, 1.82) is 0 Å². The van der Waals surface area contributed by atoms with Gasteiger partial charge in [-0.05, 0) is 23.8 Å². The summed E-state index contributed by atoms with van der Waals surface area (Å²) in [5, 5.41) is 7.50. The Morgan fingerprint density at radius 2 is 1.81 bits per heavy atom. The Hall–Kier alpha value is -3.65. The molecule has 0 atom stereocenters. The zero-order valence-corrected chi connectivity index (χ0v) is 17.7. The molecule has 0 saturated heterocycles. The summed E-state index contributed by atoms with van der Waals surface area (Å²) in [6, 6.07) is 19.0. The molecule has 1 aliphatic rings. The first kappa shape index (κ1) is 20.6. The van der Waals surface area contributed by atoms with Crippen LogP contribution in [-0.2, 0) is 23.2 Å². The Morgan fingerprint density at radius 1 is 1.10 bits per heavy atom. The van der Waals surface area contributed by atoms with Crippen LogP contribution < -0.4 is 10.2 Å². The molecule has 1 N–H and O–H groups in total. The number of anilines is 1. The summed E-state index contributed by atoms with van der Waals surface area (Å²) in [5.41, 5.74) is 2.83. The van der Waals surface area contributed by atoms with E-state index in [9.17, 15) is 9.59 Å². The number of aryl methyl sites for hydroxylation is 1. The second kappa shape index (κ2) is 9.44. The van der Waals surface area contributed by atoms with Gasteiger partial charge in [-0.1, -0.05) is 60.3 Å². The molecule has 0 spiro atoms. The summed E-state index contributed by atoms with van der Waals surface area (Å²) >= 11 is 1.23. The van der Waals surface area contributed by atoms with Crippen LogP contribution in [0.15, 0.2) is 83.7 Å². The summed E-state index contributed by atoms with van der Waals surface area (Å²) in [7, 11) is 1.81. The topological polar surface area (TPSA) is 79.6 Å². The van der Waals surface area contributed by atoms with Gasteiger partial charge in [-0.25, -0.2) is 4.99 Å². The van der Waals surface area contributed by atoms with E-state index in [1.807, 2.05) is 73.9 Å². The van der Waals surface area contributed by atoms with Crippen molar-refractivity contribution < 1.29 is 9.59 Å². The van der Waals surface area contributed by atoms with Crippen molar-refractivity contribution in [3.8, 4) is 0 Å². The van der Waals surface area contributed by atoms with Gasteiger partial charge in [0.25, 0.3) is 5.91 Å². The number of nitrogens with zero attached hydrogens (tertiary/aromatic N) is 4. The van der Waals surface area contributed by atoms with Crippen molar-refractivity contribution >= 4 is 40.5 Å². The van der Waals surface area contributed by atoms with Crippen LogP contribution in [0, 0.1) is 0 Å². The Bertz CT molecular complexity index is 1140. The monoisotopic (exact) mass is 431 g/mol. The molecule has 156 valence electrons. The van der Waals surface area contributed by atoms with E-state index in [0.29, 0.717) is 23.1 Å². The Kier molecular flexibility index (Phi) is 6.28. The number of aromatic nitrogens is 2. The van der Waals surface area contributed by atoms with Crippen LogP contribution in [0.3, 0.4) is 0 Å². The molecule has 2 heterocycles. The first-order chi connectivity index (χ1) is 15.1. The number of rotatable bonds is 6. The fourth-order valence-corrected chi connectivity index (χ4v) is 3.89. The average molecular weight is 432 g/mol. The first-order valence-electron chi connectivity index (χ1n) is 9.72. The van der Waals surface area contributed by atoms with Crippen LogP contribution in [0.25, 0.3) is 6.08 Å². The molecular formula is C23H21N5O2S. The second-order valence-corrected chi connectivity index (χ2v) is 7.84. The van der Waals surface area contributed by atoms with E-state index in [1.54, 1.807) is 17.0 Å². The Balaban J connectivity index is 1.49. The number of nitrogens with one attached hydrogen (secondary N) is 1. The lowest BCUT2D eigenvalue weighted by atomic mass is 10.2. The highest BCUT2D eigenvalue weighted by Crippen LogP contribution is 2.29. The van der Waals surface area contributed by atoms with Gasteiger partial charge in [-0.3, -0.25) is 19.2 Å². The lowest BCUT2D eigenvalue weighted by Gasteiger charge is -2.17. The molecule has 0 radical (unpaired) electrons. The van der Waals surface area contributed by atoms with Gasteiger partial charge in [-0.15, -0.1) is 0 Å². The Morgan fingerprint density at radius 3 is 2.48 bits per heavy atom. The van der Waals surface area contributed by atoms with E-state index in [0.717, 1.165) is 11.1 Å². The van der Waals surface area contributed by atoms with Crippen molar-refractivity contribution in [3.63, 3.8) is 0 Å². The highest BCUT2D eigenvalue weighted by molar-refractivity contribution is 8.14. The summed E-state index contributed by atoms with van der Waals surface area (Å²) in [4.78, 5) is 31.5. The number of amides is 2. The second-order valence-electron chi connectivity index (χ2n) is 6.90. The van der Waals surface area contributed by atoms with Crippen LogP contribution in [0.4, 0.5) is 5.69 Å². The van der Waals surface area contributed by atoms with E-state index in [-0.39, 0.29) is 17.6 Å². The van der Waals surface area contributed by atoms with Gasteiger partial charge in [-0.2, -0.15) is 5.10 Å². The molecule has 0 aliphatic carbocycles. The van der Waals surface area contributed by atoms with Gasteiger partial charge in [0.2, 0.25) is 5.91 Å². The van der Waals surface area contributed by atoms with Gasteiger partial charge >= 0.3 is 0 Å². The summed E-state index contributed by atoms with van der Waals surface area (Å²) in [6.45, 7) is 0.459. The number of hydrogen-bond donors (Lipinski definition) is 1. The molecule has 8 heteroatoms. The number of benzene rings is 2. The van der Waals surface area contributed by atoms with E-state index in [2.05, 4.69) is 15.4 Å². The lowest BCUT2D eigenvalue weighted by molar-refractivity contribution is -0.118. The van der Waals surface area contributed by atoms with Gasteiger partial charge in [0.1, 0.15) is 5.70 Å². The number of para-hydroxylation sites is 1. The van der Waals surface area contributed by atoms with Crippen molar-refractivity contribution in [3.05, 3.63) is 89.9 Å². The fourth-order valence-electron chi connectivity index (χ4n) is 3.05. The normalized spacial score (nSPS) is 14.7. The number of thioether (sulfide) groups is 1. The molecule has 1 aliphatic heterocycles. The summed E-state index contributed by atoms with van der Waals surface area (Å²) in [6.07, 6.45) is 5.18. The highest BCUT2D eigenvalue weighted by Gasteiger charge is 2.32. The molecule has 0 bridgehead atoms. The molecule has 0 fully saturated rings. The van der Waals surface area contributed by atoms with Gasteiger partial charge in [0, 0.05) is 25.4 Å². The van der Waals surface area contributed by atoms with Gasteiger partial charge < -0.3 is 5.32 Å². The van der Waals surface area contributed by atoms with Crippen LogP contribution in [-0.4, -0.2) is 32.5 Å². The largest absolute Gasteiger partial charge is 0.351 e. The predicted molar refractivity (Wildman–Crippen MR) is 123 cm³/mol. The maximum Gasteiger partial charge on any atom is 0.283 e. The van der Waals surface area contributed by atoms with Crippen molar-refractivity contribution in [1.82, 2.24) is 15.1 Å². The van der Waals surface area contributed by atoms with Gasteiger partial charge in [0.15, 0.2) is 5.17 Å². The number of amidine groups is 1. The summed E-state index contributed by atoms with van der Waals surface area (Å²) in [5.74, 6) is -0.202. The van der Waals surface area contributed by atoms with Crippen LogP contribution >= 0.6 is 11.8 Å². The van der Waals surface area contributed by atoms with E-state index in [1.165, 1.54) is 16.7 Å². The van der Waals surface area contributed by atoms with Crippen LogP contribution in [0.5, 0.6) is 0 Å². The Labute approximate surface area is 184 Å². The lowest BCUT2D eigenvalue weighted by Crippen LogP contribution is -2.32. The molecular weight excluding hydrogens is 410 g/mol. The van der Waals surface area contributed by atoms with E-state index in [4.69, 9.17) is 0 Å². The standard InChI is InChI=1S/C23H21N5O2S/c1-27-15-18(14-25-27)12-20-22(30)28(19-10-6-3-7-11-19)23(26-20)31-16-21(29)24-13-17-8-4-2-5-9-17/h2-12,14-15H,13,16H2,1H3,(H,24,29). The molecule has 2 aromatic carbocycles. The zero-order valence-electron chi connectivity index (χ0n) is 16.9. The molecule has 0 saturated carbocycles. The maximum atomic E-state index is 13.1. The number of carbonyl (C=O) groups excluding carboxylic acids is 2. The van der Waals surface area contributed by atoms with Gasteiger partial charge in [0.05, 0.1) is 17.6 Å². The minimum absolute atomic E-state index is 0.123. The number of aliphatic imine (C=N–C) groups is 1. The molecule has 31 heavy (non-hydrogen) atoms. The SMILES string of the molecule is Cn1cc(C=C2N=C(SCC(=O)NCc3ccccc3)N(c3ccccc3)C2=O)cn1. The van der Waals surface area contributed by atoms with Crippen LogP contribution in [0.1, 0.15) is 11.1 Å². The molecule has 4 rings (SSSR count). The fraction of sp³-hybridized carbons (Fsp3) is 0.130. The van der Waals surface area contributed by atoms with E-state index < -0.39 is 0 Å². The zero-order chi connectivity index (χ0) is 21.6. The maximum absolute atomic E-state index is 13.1.